The lowest BCUT2D eigenvalue weighted by molar-refractivity contribution is -0.141. The molecule has 0 aliphatic carbocycles. The molecule has 8 heteroatoms. The quantitative estimate of drug-likeness (QED) is 0.379. The van der Waals surface area contributed by atoms with Crippen LogP contribution in [0.5, 0.6) is 5.75 Å². The Bertz CT molecular complexity index is 1310. The van der Waals surface area contributed by atoms with E-state index < -0.39 is 34.7 Å². The van der Waals surface area contributed by atoms with Gasteiger partial charge in [-0.2, -0.15) is 0 Å². The molecule has 0 spiro atoms. The third-order valence-corrected chi connectivity index (χ3v) is 8.31. The maximum atomic E-state index is 13.8. The van der Waals surface area contributed by atoms with Crippen molar-refractivity contribution in [2.24, 2.45) is 0 Å². The maximum absolute atomic E-state index is 13.8. The maximum Gasteiger partial charge on any atom is 0.254 e. The van der Waals surface area contributed by atoms with Crippen LogP contribution < -0.4 is 5.32 Å². The van der Waals surface area contributed by atoms with E-state index in [1.54, 1.807) is 43.3 Å². The van der Waals surface area contributed by atoms with Crippen molar-refractivity contribution in [3.05, 3.63) is 101 Å². The van der Waals surface area contributed by atoms with Crippen LogP contribution in [0.25, 0.3) is 0 Å². The summed E-state index contributed by atoms with van der Waals surface area (Å²) < 4.78 is -0.570. The highest BCUT2D eigenvalue weighted by Crippen LogP contribution is 2.41. The number of hydrogen-bond donors (Lipinski definition) is 3. The smallest absolute Gasteiger partial charge is 0.254 e. The molecule has 3 atom stereocenters. The van der Waals surface area contributed by atoms with Crippen molar-refractivity contribution in [1.29, 1.82) is 0 Å². The number of aromatic hydroxyl groups is 1. The lowest BCUT2D eigenvalue weighted by atomic mass is 9.92. The minimum absolute atomic E-state index is 0.0209. The van der Waals surface area contributed by atoms with Crippen molar-refractivity contribution in [2.45, 2.75) is 50.1 Å². The summed E-state index contributed by atoms with van der Waals surface area (Å²) in [5.41, 5.74) is 1.97. The molecular weight excluding hydrogens is 500 g/mol. The molecule has 1 aliphatic rings. The number of hydrogen-bond acceptors (Lipinski definition) is 6. The van der Waals surface area contributed by atoms with Crippen molar-refractivity contribution in [3.63, 3.8) is 0 Å². The van der Waals surface area contributed by atoms with Crippen LogP contribution in [0.1, 0.15) is 45.7 Å². The Balaban J connectivity index is 1.62. The number of thioether (sulfide) groups is 1. The molecule has 198 valence electrons. The number of aliphatic hydroxyl groups excluding tert-OH is 1. The van der Waals surface area contributed by atoms with Gasteiger partial charge in [0.2, 0.25) is 0 Å². The van der Waals surface area contributed by atoms with Crippen molar-refractivity contribution in [1.82, 2.24) is 10.2 Å². The third kappa shape index (κ3) is 5.76. The molecule has 0 aromatic heterocycles. The molecule has 2 amide bonds. The van der Waals surface area contributed by atoms with E-state index >= 15 is 0 Å². The first-order chi connectivity index (χ1) is 18.1. The lowest BCUT2D eigenvalue weighted by Crippen LogP contribution is -2.57. The summed E-state index contributed by atoms with van der Waals surface area (Å²) in [6.45, 7) is 5.45. The number of carbonyl (C=O) groups is 3. The third-order valence-electron chi connectivity index (χ3n) is 6.93. The van der Waals surface area contributed by atoms with Gasteiger partial charge in [-0.15, -0.1) is 11.8 Å². The number of phenols is 1. The minimum atomic E-state index is -1.60. The molecule has 3 aromatic carbocycles. The lowest BCUT2D eigenvalue weighted by Gasteiger charge is -2.33. The zero-order valence-corrected chi connectivity index (χ0v) is 22.4. The van der Waals surface area contributed by atoms with Crippen LogP contribution in [0.2, 0.25) is 0 Å². The molecule has 38 heavy (non-hydrogen) atoms. The fourth-order valence-corrected chi connectivity index (χ4v) is 5.88. The molecule has 4 rings (SSSR count). The van der Waals surface area contributed by atoms with Crippen LogP contribution in [0.4, 0.5) is 0 Å². The molecule has 0 saturated carbocycles. The van der Waals surface area contributed by atoms with E-state index in [4.69, 9.17) is 0 Å². The molecule has 0 radical (unpaired) electrons. The van der Waals surface area contributed by atoms with Gasteiger partial charge in [-0.05, 0) is 44.9 Å². The molecule has 1 heterocycles. The van der Waals surface area contributed by atoms with Crippen molar-refractivity contribution < 1.29 is 24.6 Å². The van der Waals surface area contributed by atoms with Gasteiger partial charge in [-0.3, -0.25) is 14.4 Å². The van der Waals surface area contributed by atoms with Crippen molar-refractivity contribution in [3.8, 4) is 5.75 Å². The number of nitrogens with zero attached hydrogens (tertiary/aromatic N) is 1. The number of phenolic OH excluding ortho intramolecular Hbond substituents is 1. The molecule has 1 fully saturated rings. The van der Waals surface area contributed by atoms with Gasteiger partial charge in [0.15, 0.2) is 11.9 Å². The SMILES string of the molecule is Cc1c(O)cccc1C(=O)N[C@@H](Cc1ccccc1)[C@H](O)C(=O)N1CSC(C)(C)C1C(=O)c1ccccc1. The average molecular weight is 533 g/mol. The highest BCUT2D eigenvalue weighted by atomic mass is 32.2. The Morgan fingerprint density at radius 1 is 1.00 bits per heavy atom. The van der Waals surface area contributed by atoms with Crippen LogP contribution in [0.15, 0.2) is 78.9 Å². The summed E-state index contributed by atoms with van der Waals surface area (Å²) in [5.74, 6) is -1.11. The molecule has 0 bridgehead atoms. The van der Waals surface area contributed by atoms with Crippen LogP contribution in [-0.2, 0) is 11.2 Å². The first-order valence-electron chi connectivity index (χ1n) is 12.5. The Morgan fingerprint density at radius 3 is 2.29 bits per heavy atom. The highest BCUT2D eigenvalue weighted by molar-refractivity contribution is 8.00. The number of Topliss-reactive ketones (excluding diaryl/α,β-unsaturated/α-hetero) is 1. The van der Waals surface area contributed by atoms with Crippen LogP contribution in [0, 0.1) is 6.92 Å². The number of rotatable bonds is 8. The number of benzene rings is 3. The predicted octanol–water partition coefficient (Wildman–Crippen LogP) is 3.97. The fraction of sp³-hybridized carbons (Fsp3) is 0.300. The summed E-state index contributed by atoms with van der Waals surface area (Å²) >= 11 is 1.47. The number of nitrogens with one attached hydrogen (secondary N) is 1. The van der Waals surface area contributed by atoms with Crippen LogP contribution in [0.3, 0.4) is 0 Å². The van der Waals surface area contributed by atoms with E-state index in [0.29, 0.717) is 11.1 Å². The van der Waals surface area contributed by atoms with E-state index in [9.17, 15) is 24.6 Å². The summed E-state index contributed by atoms with van der Waals surface area (Å²) in [6.07, 6.45) is -1.41. The fourth-order valence-electron chi connectivity index (χ4n) is 4.74. The van der Waals surface area contributed by atoms with Gasteiger partial charge in [0, 0.05) is 21.4 Å². The number of amides is 2. The van der Waals surface area contributed by atoms with Gasteiger partial charge in [-0.1, -0.05) is 66.7 Å². The summed E-state index contributed by atoms with van der Waals surface area (Å²) in [4.78, 5) is 41.9. The van der Waals surface area contributed by atoms with Gasteiger partial charge >= 0.3 is 0 Å². The number of aliphatic hydroxyl groups is 1. The largest absolute Gasteiger partial charge is 0.508 e. The molecule has 7 nitrogen and oxygen atoms in total. The van der Waals surface area contributed by atoms with Gasteiger partial charge in [0.1, 0.15) is 11.8 Å². The highest BCUT2D eigenvalue weighted by Gasteiger charge is 2.49. The predicted molar refractivity (Wildman–Crippen MR) is 148 cm³/mol. The van der Waals surface area contributed by atoms with Crippen LogP contribution in [-0.4, -0.2) is 61.5 Å². The molecule has 3 N–H and O–H groups in total. The first-order valence-corrected chi connectivity index (χ1v) is 13.4. The second kappa shape index (κ2) is 11.4. The molecule has 1 unspecified atom stereocenters. The topological polar surface area (TPSA) is 107 Å². The second-order valence-corrected chi connectivity index (χ2v) is 11.6. The summed E-state index contributed by atoms with van der Waals surface area (Å²) in [6, 6.07) is 20.9. The number of ketones is 1. The molecule has 3 aromatic rings. The zero-order chi connectivity index (χ0) is 27.4. The van der Waals surface area contributed by atoms with Crippen LogP contribution >= 0.6 is 11.8 Å². The summed E-state index contributed by atoms with van der Waals surface area (Å²) in [7, 11) is 0. The average Bonchev–Trinajstić information content (AvgIpc) is 3.24. The Kier molecular flexibility index (Phi) is 8.23. The Hall–Kier alpha value is -3.62. The zero-order valence-electron chi connectivity index (χ0n) is 21.6. The van der Waals surface area contributed by atoms with Gasteiger partial charge in [-0.25, -0.2) is 0 Å². The minimum Gasteiger partial charge on any atom is -0.508 e. The molecule has 1 saturated heterocycles. The van der Waals surface area contributed by atoms with Gasteiger partial charge in [0.05, 0.1) is 11.9 Å². The monoisotopic (exact) mass is 532 g/mol. The van der Waals surface area contributed by atoms with Gasteiger partial charge < -0.3 is 20.4 Å². The Morgan fingerprint density at radius 2 is 1.63 bits per heavy atom. The van der Waals surface area contributed by atoms with E-state index in [0.717, 1.165) is 5.56 Å². The first kappa shape index (κ1) is 27.4. The molecular formula is C30H32N2O5S. The second-order valence-electron chi connectivity index (χ2n) is 9.98. The summed E-state index contributed by atoms with van der Waals surface area (Å²) in [5, 5.41) is 24.3. The van der Waals surface area contributed by atoms with E-state index in [1.165, 1.54) is 22.7 Å². The number of carbonyl (C=O) groups excluding carboxylic acids is 3. The van der Waals surface area contributed by atoms with Crippen molar-refractivity contribution >= 4 is 29.4 Å². The normalized spacial score (nSPS) is 18.0. The van der Waals surface area contributed by atoms with Crippen molar-refractivity contribution in [2.75, 3.05) is 5.88 Å². The van der Waals surface area contributed by atoms with E-state index in [2.05, 4.69) is 5.32 Å². The Labute approximate surface area is 226 Å². The van der Waals surface area contributed by atoms with E-state index in [-0.39, 0.29) is 29.4 Å². The standard InChI is InChI=1S/C30H32N2O5S/c1-19-22(15-10-16-24(19)33)28(36)31-23(17-20-11-6-4-7-12-20)26(35)29(37)32-18-38-30(2,3)27(32)25(34)21-13-8-5-9-14-21/h4-16,23,26-27,33,35H,17-18H2,1-3H3,(H,31,36)/t23-,26-,27?/m0/s1. The van der Waals surface area contributed by atoms with E-state index in [1.807, 2.05) is 50.2 Å². The molecule has 1 aliphatic heterocycles. The van der Waals surface area contributed by atoms with Gasteiger partial charge in [0.25, 0.3) is 11.8 Å².